The molecule has 0 aromatic carbocycles. The standard InChI is InChI=1S/C21H44O4S.K/c1-3-5-7-9-10-12-13-16-20(22)17-15-19-21(26(23,24)25)18-14-11-8-6-4-2;/h20-22H,3-19H2,1-2H3,(H,23,24,25);/q;+1/p-1. The van der Waals surface area contributed by atoms with E-state index in [0.717, 1.165) is 44.9 Å². The van der Waals surface area contributed by atoms with Crippen LogP contribution in [0.25, 0.3) is 0 Å². The van der Waals surface area contributed by atoms with Crippen molar-refractivity contribution in [1.82, 2.24) is 0 Å². The van der Waals surface area contributed by atoms with Gasteiger partial charge in [0.1, 0.15) is 0 Å². The second-order valence-corrected chi connectivity index (χ2v) is 9.46. The second kappa shape index (κ2) is 20.8. The molecule has 0 heterocycles. The molecule has 0 aliphatic carbocycles. The van der Waals surface area contributed by atoms with Gasteiger partial charge in [0.25, 0.3) is 0 Å². The zero-order chi connectivity index (χ0) is 19.7. The summed E-state index contributed by atoms with van der Waals surface area (Å²) in [7, 11) is -4.22. The van der Waals surface area contributed by atoms with Gasteiger partial charge in [-0.3, -0.25) is 0 Å². The van der Waals surface area contributed by atoms with Crippen LogP contribution in [-0.2, 0) is 10.1 Å². The van der Waals surface area contributed by atoms with E-state index in [4.69, 9.17) is 0 Å². The Bertz CT molecular complexity index is 401. The molecule has 0 aromatic heterocycles. The summed E-state index contributed by atoms with van der Waals surface area (Å²) in [5.74, 6) is 0. The average molecular weight is 431 g/mol. The molecule has 158 valence electrons. The molecule has 27 heavy (non-hydrogen) atoms. The zero-order valence-electron chi connectivity index (χ0n) is 18.3. The number of rotatable bonds is 19. The molecule has 0 rings (SSSR count). The first-order valence-corrected chi connectivity index (χ1v) is 12.5. The molecule has 0 saturated carbocycles. The fourth-order valence-electron chi connectivity index (χ4n) is 3.47. The van der Waals surface area contributed by atoms with E-state index in [-0.39, 0.29) is 57.5 Å². The third-order valence-electron chi connectivity index (χ3n) is 5.24. The number of unbranched alkanes of at least 4 members (excludes halogenated alkanes) is 10. The van der Waals surface area contributed by atoms with Crippen molar-refractivity contribution in [3.63, 3.8) is 0 Å². The summed E-state index contributed by atoms with van der Waals surface area (Å²) >= 11 is 0. The van der Waals surface area contributed by atoms with E-state index in [1.165, 1.54) is 38.5 Å². The van der Waals surface area contributed by atoms with Crippen molar-refractivity contribution in [2.45, 2.75) is 134 Å². The van der Waals surface area contributed by atoms with Crippen LogP contribution in [0.1, 0.15) is 123 Å². The molecule has 0 fully saturated rings. The summed E-state index contributed by atoms with van der Waals surface area (Å²) in [4.78, 5) is 0. The Morgan fingerprint density at radius 2 is 1.04 bits per heavy atom. The van der Waals surface area contributed by atoms with Crippen LogP contribution in [0.4, 0.5) is 0 Å². The summed E-state index contributed by atoms with van der Waals surface area (Å²) in [6.07, 6.45) is 16.4. The monoisotopic (exact) mass is 430 g/mol. The molecule has 6 heteroatoms. The Morgan fingerprint density at radius 1 is 0.667 bits per heavy atom. The Morgan fingerprint density at radius 3 is 1.52 bits per heavy atom. The van der Waals surface area contributed by atoms with Crippen LogP contribution >= 0.6 is 0 Å². The maximum atomic E-state index is 11.4. The molecule has 0 aromatic rings. The molecule has 0 bridgehead atoms. The van der Waals surface area contributed by atoms with Gasteiger partial charge in [0.2, 0.25) is 0 Å². The van der Waals surface area contributed by atoms with E-state index < -0.39 is 15.4 Å². The van der Waals surface area contributed by atoms with Crippen LogP contribution in [0.3, 0.4) is 0 Å². The van der Waals surface area contributed by atoms with Crippen molar-refractivity contribution in [3.8, 4) is 0 Å². The van der Waals surface area contributed by atoms with Crippen molar-refractivity contribution in [1.29, 1.82) is 0 Å². The van der Waals surface area contributed by atoms with Gasteiger partial charge < -0.3 is 9.66 Å². The fraction of sp³-hybridized carbons (Fsp3) is 1.00. The van der Waals surface area contributed by atoms with Crippen LogP contribution in [0, 0.1) is 0 Å². The van der Waals surface area contributed by atoms with E-state index >= 15 is 0 Å². The smallest absolute Gasteiger partial charge is 0.748 e. The number of aliphatic hydroxyl groups is 1. The van der Waals surface area contributed by atoms with Gasteiger partial charge in [-0.05, 0) is 32.1 Å². The molecule has 1 N–H and O–H groups in total. The van der Waals surface area contributed by atoms with E-state index in [0.29, 0.717) is 25.7 Å². The largest absolute Gasteiger partial charge is 1.00 e. The van der Waals surface area contributed by atoms with Crippen LogP contribution in [-0.4, -0.2) is 29.4 Å². The molecule has 0 spiro atoms. The maximum absolute atomic E-state index is 11.4. The third kappa shape index (κ3) is 20.6. The van der Waals surface area contributed by atoms with Gasteiger partial charge in [-0.1, -0.05) is 90.9 Å². The van der Waals surface area contributed by atoms with Gasteiger partial charge in [-0.2, -0.15) is 0 Å². The van der Waals surface area contributed by atoms with Crippen molar-refractivity contribution in [3.05, 3.63) is 0 Å². The Balaban J connectivity index is 0. The quantitative estimate of drug-likeness (QED) is 0.194. The van der Waals surface area contributed by atoms with Crippen molar-refractivity contribution >= 4 is 10.1 Å². The molecular formula is C21H43KO4S. The molecule has 2 unspecified atom stereocenters. The molecule has 0 radical (unpaired) electrons. The van der Waals surface area contributed by atoms with Gasteiger partial charge in [-0.25, -0.2) is 8.42 Å². The van der Waals surface area contributed by atoms with Crippen LogP contribution in [0.2, 0.25) is 0 Å². The Hall–Kier alpha value is 1.51. The fourth-order valence-corrected chi connectivity index (χ4v) is 4.38. The molecular weight excluding hydrogens is 387 g/mol. The minimum Gasteiger partial charge on any atom is -0.748 e. The third-order valence-corrected chi connectivity index (χ3v) is 6.53. The summed E-state index contributed by atoms with van der Waals surface area (Å²) in [6.45, 7) is 4.36. The van der Waals surface area contributed by atoms with Crippen LogP contribution in [0.15, 0.2) is 0 Å². The van der Waals surface area contributed by atoms with Gasteiger partial charge in [0.05, 0.1) is 16.2 Å². The minimum atomic E-state index is -4.22. The van der Waals surface area contributed by atoms with E-state index in [1.807, 2.05) is 0 Å². The normalized spacial score (nSPS) is 13.9. The minimum absolute atomic E-state index is 0. The molecule has 0 saturated heterocycles. The van der Waals surface area contributed by atoms with E-state index in [2.05, 4.69) is 13.8 Å². The summed E-state index contributed by atoms with van der Waals surface area (Å²) < 4.78 is 34.3. The summed E-state index contributed by atoms with van der Waals surface area (Å²) in [5.41, 5.74) is 0. The number of aliphatic hydroxyl groups excluding tert-OH is 1. The molecule has 2 atom stereocenters. The molecule has 0 aliphatic heterocycles. The first-order valence-electron chi connectivity index (χ1n) is 11.0. The van der Waals surface area contributed by atoms with Gasteiger partial charge >= 0.3 is 51.4 Å². The van der Waals surface area contributed by atoms with Crippen molar-refractivity contribution in [2.75, 3.05) is 0 Å². The first kappa shape index (κ1) is 30.7. The Labute approximate surface area is 211 Å². The Kier molecular flexibility index (Phi) is 23.6. The predicted octanol–water partition coefficient (Wildman–Crippen LogP) is 2.94. The first-order chi connectivity index (χ1) is 12.4. The predicted molar refractivity (Wildman–Crippen MR) is 109 cm³/mol. The average Bonchev–Trinajstić information content (AvgIpc) is 2.58. The van der Waals surface area contributed by atoms with Gasteiger partial charge in [-0.15, -0.1) is 0 Å². The van der Waals surface area contributed by atoms with Crippen LogP contribution < -0.4 is 51.4 Å². The van der Waals surface area contributed by atoms with Crippen molar-refractivity contribution in [2.24, 2.45) is 0 Å². The van der Waals surface area contributed by atoms with E-state index in [9.17, 15) is 18.1 Å². The molecule has 0 amide bonds. The molecule has 0 aliphatic rings. The van der Waals surface area contributed by atoms with Gasteiger partial charge in [0.15, 0.2) is 0 Å². The van der Waals surface area contributed by atoms with Gasteiger partial charge in [0, 0.05) is 5.25 Å². The molecule has 4 nitrogen and oxygen atoms in total. The second-order valence-electron chi connectivity index (χ2n) is 7.81. The van der Waals surface area contributed by atoms with Crippen LogP contribution in [0.5, 0.6) is 0 Å². The van der Waals surface area contributed by atoms with E-state index in [1.54, 1.807) is 0 Å². The summed E-state index contributed by atoms with van der Waals surface area (Å²) in [6, 6.07) is 0. The topological polar surface area (TPSA) is 77.4 Å². The van der Waals surface area contributed by atoms with Crippen molar-refractivity contribution < 1.29 is 69.5 Å². The zero-order valence-corrected chi connectivity index (χ0v) is 22.2. The SMILES string of the molecule is CCCCCCCCCC(O)CCCC(CCCCCCC)S(=O)(=O)[O-].[K+]. The summed E-state index contributed by atoms with van der Waals surface area (Å²) in [5, 5.41) is 9.28. The number of hydrogen-bond acceptors (Lipinski definition) is 4. The number of hydrogen-bond donors (Lipinski definition) is 1. The maximum Gasteiger partial charge on any atom is 1.00 e.